The second-order valence-corrected chi connectivity index (χ2v) is 17.4. The van der Waals surface area contributed by atoms with Crippen LogP contribution in [0.4, 0.5) is 5.69 Å². The molecule has 1 fully saturated rings. The average molecular weight is 732 g/mol. The SMILES string of the molecule is C1=CC(c2ccccc2)CC(n2c3c(c4ccccc42)CCC(c2ccc4c(c2)C2CCCCC2N4C2C=C(C4=CCCC=C4)C=C(C4C=CN=CC4)C2)C3)=C1. The molecule has 3 nitrogen and oxygen atoms in total. The normalized spacial score (nSPS) is 28.0. The number of hydrogen-bond donors (Lipinski definition) is 0. The van der Waals surface area contributed by atoms with Crippen LogP contribution in [0.3, 0.4) is 0 Å². The van der Waals surface area contributed by atoms with E-state index in [0.717, 1.165) is 44.9 Å². The van der Waals surface area contributed by atoms with E-state index in [1.165, 1.54) is 71.1 Å². The molecule has 0 radical (unpaired) electrons. The van der Waals surface area contributed by atoms with Crippen LogP contribution >= 0.6 is 0 Å². The molecule has 3 heterocycles. The minimum Gasteiger partial charge on any atom is -0.361 e. The van der Waals surface area contributed by atoms with Gasteiger partial charge >= 0.3 is 0 Å². The number of hydrogen-bond acceptors (Lipinski definition) is 2. The number of aromatic nitrogens is 1. The molecule has 56 heavy (non-hydrogen) atoms. The number of aryl methyl sites for hydroxylation is 1. The Kier molecular flexibility index (Phi) is 8.78. The number of allylic oxidation sites excluding steroid dienone is 11. The van der Waals surface area contributed by atoms with Crippen molar-refractivity contribution in [1.29, 1.82) is 0 Å². The summed E-state index contributed by atoms with van der Waals surface area (Å²) in [6.45, 7) is 0. The first kappa shape index (κ1) is 34.1. The standard InChI is InChI=1S/C53H53N3/c1-3-12-36(13-4-1)39-16-11-17-44(31-39)55-50-20-9-7-18-46(50)48-24-22-41(35-53(48)55)40-23-25-52-49(34-40)47-19-8-10-21-51(47)56(52)45-32-42(37-14-5-2-6-15-37)30-43(33-45)38-26-28-54-29-27-38/h1,3-5,7,9,11-18,20,23,25-26,28-30,32,34,38-39,41,45,47,51H,2,6,8,10,19,21-22,24,27,31,33,35H2. The molecular weight excluding hydrogens is 679 g/mol. The second-order valence-electron chi connectivity index (χ2n) is 17.4. The van der Waals surface area contributed by atoms with Crippen LogP contribution < -0.4 is 4.90 Å². The fourth-order valence-corrected chi connectivity index (χ4v) is 11.6. The Morgan fingerprint density at radius 2 is 1.68 bits per heavy atom. The van der Waals surface area contributed by atoms with Gasteiger partial charge in [-0.2, -0.15) is 0 Å². The molecule has 7 aliphatic rings. The van der Waals surface area contributed by atoms with Crippen LogP contribution in [-0.4, -0.2) is 22.9 Å². The van der Waals surface area contributed by atoms with Gasteiger partial charge in [0.25, 0.3) is 0 Å². The molecule has 11 rings (SSSR count). The van der Waals surface area contributed by atoms with E-state index in [0.29, 0.717) is 35.8 Å². The van der Waals surface area contributed by atoms with E-state index in [4.69, 9.17) is 0 Å². The van der Waals surface area contributed by atoms with Crippen LogP contribution in [0, 0.1) is 5.92 Å². The smallest absolute Gasteiger partial charge is 0.0531 e. The fourth-order valence-electron chi connectivity index (χ4n) is 11.6. The third-order valence-electron chi connectivity index (χ3n) is 14.3. The first-order chi connectivity index (χ1) is 27.8. The van der Waals surface area contributed by atoms with Crippen molar-refractivity contribution < 1.29 is 0 Å². The van der Waals surface area contributed by atoms with E-state index >= 15 is 0 Å². The van der Waals surface area contributed by atoms with Gasteiger partial charge in [-0.1, -0.05) is 128 Å². The molecule has 0 saturated heterocycles. The molecule has 0 N–H and O–H groups in total. The minimum atomic E-state index is 0.372. The maximum absolute atomic E-state index is 4.44. The third kappa shape index (κ3) is 5.97. The summed E-state index contributed by atoms with van der Waals surface area (Å²) in [6, 6.07) is 29.0. The van der Waals surface area contributed by atoms with E-state index in [2.05, 4.69) is 148 Å². The Balaban J connectivity index is 0.935. The second kappa shape index (κ2) is 14.4. The molecule has 280 valence electrons. The van der Waals surface area contributed by atoms with Crippen molar-refractivity contribution >= 4 is 28.5 Å². The van der Waals surface area contributed by atoms with Gasteiger partial charge in [0, 0.05) is 58.7 Å². The summed E-state index contributed by atoms with van der Waals surface area (Å²) < 4.78 is 2.67. The van der Waals surface area contributed by atoms with Gasteiger partial charge in [-0.25, -0.2) is 0 Å². The summed E-state index contributed by atoms with van der Waals surface area (Å²) in [5.41, 5.74) is 16.4. The van der Waals surface area contributed by atoms with Crippen LogP contribution in [-0.2, 0) is 12.8 Å². The largest absolute Gasteiger partial charge is 0.361 e. The Morgan fingerprint density at radius 3 is 2.57 bits per heavy atom. The zero-order chi connectivity index (χ0) is 37.0. The highest BCUT2D eigenvalue weighted by Gasteiger charge is 2.43. The van der Waals surface area contributed by atoms with Crippen molar-refractivity contribution in [3.8, 4) is 0 Å². The van der Waals surface area contributed by atoms with E-state index in [-0.39, 0.29) is 0 Å². The highest BCUT2D eigenvalue weighted by atomic mass is 15.2. The summed E-state index contributed by atoms with van der Waals surface area (Å²) in [4.78, 5) is 7.35. The quantitative estimate of drug-likeness (QED) is 0.193. The first-order valence-corrected chi connectivity index (χ1v) is 21.7. The number of anilines is 1. The lowest BCUT2D eigenvalue weighted by molar-refractivity contribution is 0.374. The first-order valence-electron chi connectivity index (χ1n) is 21.7. The number of para-hydroxylation sites is 1. The molecule has 3 aromatic carbocycles. The van der Waals surface area contributed by atoms with Crippen LogP contribution in [0.15, 0.2) is 155 Å². The van der Waals surface area contributed by atoms with Gasteiger partial charge in [-0.3, -0.25) is 4.99 Å². The van der Waals surface area contributed by atoms with Crippen LogP contribution in [0.2, 0.25) is 0 Å². The van der Waals surface area contributed by atoms with Crippen LogP contribution in [0.1, 0.15) is 110 Å². The molecule has 2 aliphatic heterocycles. The molecule has 0 spiro atoms. The van der Waals surface area contributed by atoms with Crippen molar-refractivity contribution in [2.45, 2.75) is 107 Å². The Morgan fingerprint density at radius 1 is 0.768 bits per heavy atom. The van der Waals surface area contributed by atoms with Crippen molar-refractivity contribution in [2.24, 2.45) is 10.9 Å². The monoisotopic (exact) mass is 731 g/mol. The summed E-state index contributed by atoms with van der Waals surface area (Å²) in [7, 11) is 0. The topological polar surface area (TPSA) is 20.5 Å². The van der Waals surface area contributed by atoms with E-state index < -0.39 is 0 Å². The van der Waals surface area contributed by atoms with Crippen LogP contribution in [0.25, 0.3) is 16.6 Å². The molecule has 1 aromatic heterocycles. The number of nitrogens with zero attached hydrogens (tertiary/aromatic N) is 3. The maximum atomic E-state index is 4.44. The van der Waals surface area contributed by atoms with Gasteiger partial charge < -0.3 is 9.47 Å². The zero-order valence-corrected chi connectivity index (χ0v) is 32.6. The lowest BCUT2D eigenvalue weighted by Crippen LogP contribution is -2.43. The maximum Gasteiger partial charge on any atom is 0.0531 e. The summed E-state index contributed by atoms with van der Waals surface area (Å²) >= 11 is 0. The minimum absolute atomic E-state index is 0.372. The van der Waals surface area contributed by atoms with Gasteiger partial charge in [-0.05, 0) is 122 Å². The molecule has 0 amide bonds. The predicted octanol–water partition coefficient (Wildman–Crippen LogP) is 12.9. The summed E-state index contributed by atoms with van der Waals surface area (Å²) in [6.07, 6.45) is 40.1. The number of aliphatic imine (C=N–C) groups is 1. The number of fused-ring (bicyclic) bond motifs is 6. The molecule has 6 unspecified atom stereocenters. The average Bonchev–Trinajstić information content (AvgIpc) is 3.79. The molecule has 3 heteroatoms. The van der Waals surface area contributed by atoms with Gasteiger partial charge in [0.15, 0.2) is 0 Å². The Bertz CT molecular complexity index is 2420. The Labute approximate surface area is 332 Å². The van der Waals surface area contributed by atoms with Crippen molar-refractivity contribution in [3.63, 3.8) is 0 Å². The molecule has 4 aromatic rings. The summed E-state index contributed by atoms with van der Waals surface area (Å²) in [5.74, 6) is 1.99. The van der Waals surface area contributed by atoms with E-state index in [1.54, 1.807) is 28.0 Å². The number of rotatable bonds is 6. The van der Waals surface area contributed by atoms with Crippen molar-refractivity contribution in [3.05, 3.63) is 178 Å². The van der Waals surface area contributed by atoms with Crippen LogP contribution in [0.5, 0.6) is 0 Å². The van der Waals surface area contributed by atoms with Crippen molar-refractivity contribution in [2.75, 3.05) is 4.90 Å². The highest BCUT2D eigenvalue weighted by molar-refractivity contribution is 5.89. The van der Waals surface area contributed by atoms with Crippen molar-refractivity contribution in [1.82, 2.24) is 4.57 Å². The number of benzene rings is 3. The lowest BCUT2D eigenvalue weighted by Gasteiger charge is -2.40. The summed E-state index contributed by atoms with van der Waals surface area (Å²) in [5, 5.41) is 1.45. The van der Waals surface area contributed by atoms with Gasteiger partial charge in [0.2, 0.25) is 0 Å². The fraction of sp³-hybridized carbons (Fsp3) is 0.340. The van der Waals surface area contributed by atoms with E-state index in [9.17, 15) is 0 Å². The molecule has 1 saturated carbocycles. The molecule has 6 atom stereocenters. The molecule has 5 aliphatic carbocycles. The van der Waals surface area contributed by atoms with Gasteiger partial charge in [0.1, 0.15) is 0 Å². The zero-order valence-electron chi connectivity index (χ0n) is 32.6. The van der Waals surface area contributed by atoms with E-state index in [1.807, 2.05) is 6.20 Å². The highest BCUT2D eigenvalue weighted by Crippen LogP contribution is 2.52. The Hall–Kier alpha value is -5.15. The lowest BCUT2D eigenvalue weighted by atomic mass is 9.78. The third-order valence-corrected chi connectivity index (χ3v) is 14.3. The van der Waals surface area contributed by atoms with Gasteiger partial charge in [0.05, 0.1) is 11.6 Å². The van der Waals surface area contributed by atoms with Gasteiger partial charge in [-0.15, -0.1) is 0 Å². The molecular formula is C53H53N3. The predicted molar refractivity (Wildman–Crippen MR) is 235 cm³/mol. The molecule has 0 bridgehead atoms.